The highest BCUT2D eigenvalue weighted by Crippen LogP contribution is 2.44. The van der Waals surface area contributed by atoms with Crippen LogP contribution >= 0.6 is 0 Å². The van der Waals surface area contributed by atoms with Gasteiger partial charge in [-0.2, -0.15) is 0 Å². The van der Waals surface area contributed by atoms with Crippen LogP contribution in [0, 0.1) is 11.8 Å². The summed E-state index contributed by atoms with van der Waals surface area (Å²) in [5, 5.41) is 0. The van der Waals surface area contributed by atoms with Crippen LogP contribution in [0.1, 0.15) is 38.5 Å². The summed E-state index contributed by atoms with van der Waals surface area (Å²) in [5.74, 6) is 1.84. The van der Waals surface area contributed by atoms with Crippen molar-refractivity contribution >= 4 is 5.78 Å². The molecule has 72 valence electrons. The van der Waals surface area contributed by atoms with Gasteiger partial charge in [0.05, 0.1) is 12.2 Å². The highest BCUT2D eigenvalue weighted by Gasteiger charge is 2.42. The molecule has 3 aliphatic carbocycles. The lowest BCUT2D eigenvalue weighted by Gasteiger charge is -2.11. The Morgan fingerprint density at radius 2 is 1.62 bits per heavy atom. The Morgan fingerprint density at radius 1 is 1.00 bits per heavy atom. The minimum Gasteiger partial charge on any atom is -0.375 e. The lowest BCUT2D eigenvalue weighted by atomic mass is 10.0. The number of carbonyl (C=O) groups is 1. The Hall–Kier alpha value is -0.370. The van der Waals surface area contributed by atoms with E-state index in [0.717, 1.165) is 25.7 Å². The molecule has 0 unspecified atom stereocenters. The smallest absolute Gasteiger partial charge is 0.133 e. The lowest BCUT2D eigenvalue weighted by Crippen LogP contribution is -2.11. The van der Waals surface area contributed by atoms with E-state index in [9.17, 15) is 4.79 Å². The highest BCUT2D eigenvalue weighted by atomic mass is 16.5. The number of carbonyl (C=O) groups excluding carboxylic acids is 1. The van der Waals surface area contributed by atoms with Crippen molar-refractivity contribution < 1.29 is 9.53 Å². The van der Waals surface area contributed by atoms with Gasteiger partial charge in [-0.3, -0.25) is 4.79 Å². The van der Waals surface area contributed by atoms with Crippen molar-refractivity contribution in [2.75, 3.05) is 0 Å². The number of hydrogen-bond acceptors (Lipinski definition) is 2. The molecule has 3 rings (SSSR count). The van der Waals surface area contributed by atoms with Crippen molar-refractivity contribution in [1.82, 2.24) is 0 Å². The van der Waals surface area contributed by atoms with E-state index < -0.39 is 0 Å². The van der Waals surface area contributed by atoms with Crippen molar-refractivity contribution in [3.05, 3.63) is 0 Å². The molecule has 0 spiro atoms. The van der Waals surface area contributed by atoms with E-state index >= 15 is 0 Å². The summed E-state index contributed by atoms with van der Waals surface area (Å²) >= 11 is 0. The van der Waals surface area contributed by atoms with Gasteiger partial charge in [0.2, 0.25) is 0 Å². The van der Waals surface area contributed by atoms with Crippen LogP contribution in [-0.2, 0) is 9.53 Å². The Morgan fingerprint density at radius 3 is 2.15 bits per heavy atom. The summed E-state index contributed by atoms with van der Waals surface area (Å²) in [5.41, 5.74) is 0. The molecule has 0 N–H and O–H groups in total. The maximum atomic E-state index is 11.2. The summed E-state index contributed by atoms with van der Waals surface area (Å²) in [4.78, 5) is 11.2. The third-order valence-electron chi connectivity index (χ3n) is 3.69. The zero-order valence-corrected chi connectivity index (χ0v) is 7.87. The first-order valence-electron chi connectivity index (χ1n) is 5.48. The van der Waals surface area contributed by atoms with Gasteiger partial charge in [-0.15, -0.1) is 0 Å². The second-order valence-corrected chi connectivity index (χ2v) is 4.90. The summed E-state index contributed by atoms with van der Waals surface area (Å²) in [7, 11) is 0. The molecular weight excluding hydrogens is 164 g/mol. The molecule has 2 nitrogen and oxygen atoms in total. The molecule has 0 aromatic rings. The van der Waals surface area contributed by atoms with Gasteiger partial charge in [-0.1, -0.05) is 0 Å². The Balaban J connectivity index is 1.57. The first kappa shape index (κ1) is 7.98. The summed E-state index contributed by atoms with van der Waals surface area (Å²) < 4.78 is 5.88. The Kier molecular flexibility index (Phi) is 1.72. The van der Waals surface area contributed by atoms with E-state index in [2.05, 4.69) is 0 Å². The first-order valence-corrected chi connectivity index (χ1v) is 5.48. The molecule has 0 heterocycles. The van der Waals surface area contributed by atoms with E-state index in [1.54, 1.807) is 0 Å². The van der Waals surface area contributed by atoms with E-state index in [-0.39, 0.29) is 0 Å². The number of ether oxygens (including phenoxy) is 1. The van der Waals surface area contributed by atoms with Gasteiger partial charge < -0.3 is 4.74 Å². The topological polar surface area (TPSA) is 26.3 Å². The molecule has 0 aliphatic heterocycles. The molecule has 0 radical (unpaired) electrons. The van der Waals surface area contributed by atoms with E-state index in [1.165, 1.54) is 12.8 Å². The lowest BCUT2D eigenvalue weighted by molar-refractivity contribution is -0.118. The predicted octanol–water partition coefficient (Wildman–Crippen LogP) is 1.92. The van der Waals surface area contributed by atoms with Crippen LogP contribution in [-0.4, -0.2) is 18.0 Å². The molecule has 0 aromatic heterocycles. The molecule has 0 bridgehead atoms. The molecule has 0 aromatic carbocycles. The summed E-state index contributed by atoms with van der Waals surface area (Å²) in [6, 6.07) is 0. The van der Waals surface area contributed by atoms with Crippen LogP contribution in [0.4, 0.5) is 0 Å². The summed E-state index contributed by atoms with van der Waals surface area (Å²) in [6.45, 7) is 0. The normalized spacial score (nSPS) is 44.0. The zero-order valence-electron chi connectivity index (χ0n) is 7.87. The van der Waals surface area contributed by atoms with Crippen molar-refractivity contribution in [3.8, 4) is 0 Å². The SMILES string of the molecule is O=C1C[C@@H]2C[C@@H](OC3CC3)C[C@@H]2C1. The predicted molar refractivity (Wildman–Crippen MR) is 48.4 cm³/mol. The molecule has 0 amide bonds. The molecule has 3 aliphatic rings. The van der Waals surface area contributed by atoms with Gasteiger partial charge in [0, 0.05) is 12.8 Å². The Bertz CT molecular complexity index is 216. The standard InChI is InChI=1S/C11H16O2/c12-9-3-7-5-11(6-8(7)4-9)13-10-1-2-10/h7-8,10-11H,1-6H2/t7-,8+,11-. The number of Topliss-reactive ketones (excluding diaryl/α,β-unsaturated/α-hetero) is 1. The first-order chi connectivity index (χ1) is 6.31. The Labute approximate surface area is 78.6 Å². The van der Waals surface area contributed by atoms with Crippen LogP contribution in [0.5, 0.6) is 0 Å². The van der Waals surface area contributed by atoms with E-state index in [4.69, 9.17) is 4.74 Å². The zero-order chi connectivity index (χ0) is 8.84. The van der Waals surface area contributed by atoms with Gasteiger partial charge in [-0.25, -0.2) is 0 Å². The molecule has 3 saturated carbocycles. The minimum absolute atomic E-state index is 0.486. The van der Waals surface area contributed by atoms with Gasteiger partial charge >= 0.3 is 0 Å². The fourth-order valence-electron chi connectivity index (χ4n) is 2.91. The number of rotatable bonds is 2. The average molecular weight is 180 g/mol. The minimum atomic E-state index is 0.486. The molecule has 3 fully saturated rings. The molecule has 2 heteroatoms. The van der Waals surface area contributed by atoms with Crippen LogP contribution in [0.25, 0.3) is 0 Å². The van der Waals surface area contributed by atoms with Crippen LogP contribution in [0.2, 0.25) is 0 Å². The third-order valence-corrected chi connectivity index (χ3v) is 3.69. The monoisotopic (exact) mass is 180 g/mol. The van der Waals surface area contributed by atoms with Crippen molar-refractivity contribution in [2.24, 2.45) is 11.8 Å². The maximum absolute atomic E-state index is 11.2. The van der Waals surface area contributed by atoms with Gasteiger partial charge in [0.15, 0.2) is 0 Å². The summed E-state index contributed by atoms with van der Waals surface area (Å²) in [6.07, 6.45) is 7.62. The van der Waals surface area contributed by atoms with E-state index in [0.29, 0.717) is 29.8 Å². The van der Waals surface area contributed by atoms with Crippen LogP contribution in [0.3, 0.4) is 0 Å². The van der Waals surface area contributed by atoms with Crippen LogP contribution < -0.4 is 0 Å². The average Bonchev–Trinajstić information content (AvgIpc) is 2.68. The number of fused-ring (bicyclic) bond motifs is 1. The van der Waals surface area contributed by atoms with Crippen molar-refractivity contribution in [2.45, 2.75) is 50.7 Å². The second kappa shape index (κ2) is 2.81. The van der Waals surface area contributed by atoms with Crippen molar-refractivity contribution in [1.29, 1.82) is 0 Å². The maximum Gasteiger partial charge on any atom is 0.133 e. The van der Waals surface area contributed by atoms with Gasteiger partial charge in [-0.05, 0) is 37.5 Å². The molecular formula is C11H16O2. The van der Waals surface area contributed by atoms with Gasteiger partial charge in [0.25, 0.3) is 0 Å². The van der Waals surface area contributed by atoms with Gasteiger partial charge in [0.1, 0.15) is 5.78 Å². The number of hydrogen-bond donors (Lipinski definition) is 0. The molecule has 3 atom stereocenters. The number of ketones is 1. The third kappa shape index (κ3) is 1.52. The van der Waals surface area contributed by atoms with Crippen molar-refractivity contribution in [3.63, 3.8) is 0 Å². The quantitative estimate of drug-likeness (QED) is 0.649. The second-order valence-electron chi connectivity index (χ2n) is 4.90. The largest absolute Gasteiger partial charge is 0.375 e. The van der Waals surface area contributed by atoms with Crippen LogP contribution in [0.15, 0.2) is 0 Å². The fourth-order valence-corrected chi connectivity index (χ4v) is 2.91. The highest BCUT2D eigenvalue weighted by molar-refractivity contribution is 5.81. The fraction of sp³-hybridized carbons (Fsp3) is 0.909. The molecule has 0 saturated heterocycles. The van der Waals surface area contributed by atoms with E-state index in [1.807, 2.05) is 0 Å². The molecule has 13 heavy (non-hydrogen) atoms.